The highest BCUT2D eigenvalue weighted by molar-refractivity contribution is 5.93. The number of rotatable bonds is 4. The van der Waals surface area contributed by atoms with Crippen molar-refractivity contribution in [2.45, 2.75) is 38.7 Å². The van der Waals surface area contributed by atoms with E-state index >= 15 is 0 Å². The molecule has 2 heterocycles. The molecule has 0 aliphatic carbocycles. The molecule has 1 aromatic rings. The van der Waals surface area contributed by atoms with E-state index in [1.54, 1.807) is 24.3 Å². The first-order chi connectivity index (χ1) is 9.20. The van der Waals surface area contributed by atoms with Crippen LogP contribution in [0.2, 0.25) is 0 Å². The van der Waals surface area contributed by atoms with Crippen molar-refractivity contribution in [3.63, 3.8) is 0 Å². The van der Waals surface area contributed by atoms with Crippen LogP contribution in [0.3, 0.4) is 0 Å². The van der Waals surface area contributed by atoms with Crippen molar-refractivity contribution in [2.75, 3.05) is 20.2 Å². The number of nitrogens with zero attached hydrogens (tertiary/aromatic N) is 3. The predicted molar refractivity (Wildman–Crippen MR) is 72.0 cm³/mol. The molecule has 5 heteroatoms. The molecule has 0 spiro atoms. The number of aryl methyl sites for hydroxylation is 1. The van der Waals surface area contributed by atoms with Gasteiger partial charge in [-0.2, -0.15) is 0 Å². The Bertz CT molecular complexity index is 413. The molecule has 1 aromatic heterocycles. The highest BCUT2D eigenvalue weighted by Crippen LogP contribution is 2.14. The standard InChI is InChI=1S/C14H21N3O2/c1-3-13-15-8-11(9-16-13)14(18)17(2)10-12-6-4-5-7-19-12/h8-9,12H,3-7,10H2,1-2H3/t12-/m0/s1. The summed E-state index contributed by atoms with van der Waals surface area (Å²) >= 11 is 0. The van der Waals surface area contributed by atoms with E-state index in [1.165, 1.54) is 6.42 Å². The van der Waals surface area contributed by atoms with E-state index in [2.05, 4.69) is 9.97 Å². The van der Waals surface area contributed by atoms with Gasteiger partial charge in [-0.3, -0.25) is 4.79 Å². The van der Waals surface area contributed by atoms with Crippen molar-refractivity contribution >= 4 is 5.91 Å². The van der Waals surface area contributed by atoms with Gasteiger partial charge in [-0.25, -0.2) is 9.97 Å². The van der Waals surface area contributed by atoms with E-state index in [1.807, 2.05) is 6.92 Å². The lowest BCUT2D eigenvalue weighted by atomic mass is 10.1. The van der Waals surface area contributed by atoms with E-state index in [0.717, 1.165) is 31.7 Å². The summed E-state index contributed by atoms with van der Waals surface area (Å²) in [5.41, 5.74) is 0.538. The number of aromatic nitrogens is 2. The van der Waals surface area contributed by atoms with Crippen LogP contribution in [0.5, 0.6) is 0 Å². The molecule has 0 aromatic carbocycles. The van der Waals surface area contributed by atoms with Gasteiger partial charge in [0.25, 0.3) is 5.91 Å². The van der Waals surface area contributed by atoms with Crippen LogP contribution < -0.4 is 0 Å². The Morgan fingerprint density at radius 3 is 2.74 bits per heavy atom. The number of ether oxygens (including phenoxy) is 1. The molecule has 2 rings (SSSR count). The zero-order valence-electron chi connectivity index (χ0n) is 11.6. The van der Waals surface area contributed by atoms with Crippen molar-refractivity contribution in [3.05, 3.63) is 23.8 Å². The fourth-order valence-electron chi connectivity index (χ4n) is 2.21. The number of amides is 1. The second-order valence-electron chi connectivity index (χ2n) is 4.92. The molecule has 0 saturated carbocycles. The van der Waals surface area contributed by atoms with Crippen LogP contribution >= 0.6 is 0 Å². The molecule has 1 amide bonds. The molecular formula is C14H21N3O2. The molecule has 0 N–H and O–H groups in total. The lowest BCUT2D eigenvalue weighted by molar-refractivity contribution is -0.000204. The van der Waals surface area contributed by atoms with Gasteiger partial charge in [-0.1, -0.05) is 6.92 Å². The monoisotopic (exact) mass is 263 g/mol. The summed E-state index contributed by atoms with van der Waals surface area (Å²) in [6, 6.07) is 0. The minimum absolute atomic E-state index is 0.0446. The van der Waals surface area contributed by atoms with Crippen molar-refractivity contribution in [1.82, 2.24) is 14.9 Å². The molecule has 19 heavy (non-hydrogen) atoms. The Morgan fingerprint density at radius 1 is 1.42 bits per heavy atom. The fraction of sp³-hybridized carbons (Fsp3) is 0.643. The molecule has 1 atom stereocenters. The van der Waals surface area contributed by atoms with Gasteiger partial charge in [0.1, 0.15) is 5.82 Å². The van der Waals surface area contributed by atoms with Crippen LogP contribution in [0, 0.1) is 0 Å². The van der Waals surface area contributed by atoms with Gasteiger partial charge in [-0.05, 0) is 19.3 Å². The Hall–Kier alpha value is -1.49. The van der Waals surface area contributed by atoms with Crippen molar-refractivity contribution < 1.29 is 9.53 Å². The molecule has 1 saturated heterocycles. The summed E-state index contributed by atoms with van der Waals surface area (Å²) in [6.45, 7) is 3.43. The largest absolute Gasteiger partial charge is 0.376 e. The van der Waals surface area contributed by atoms with Gasteiger partial charge in [0.05, 0.1) is 11.7 Å². The smallest absolute Gasteiger partial charge is 0.256 e. The lowest BCUT2D eigenvalue weighted by Crippen LogP contribution is -2.37. The van der Waals surface area contributed by atoms with E-state index in [4.69, 9.17) is 4.74 Å². The minimum atomic E-state index is -0.0446. The first-order valence-electron chi connectivity index (χ1n) is 6.88. The van der Waals surface area contributed by atoms with Crippen LogP contribution in [0.4, 0.5) is 0 Å². The van der Waals surface area contributed by atoms with Crippen LogP contribution in [0.1, 0.15) is 42.4 Å². The third kappa shape index (κ3) is 3.73. The van der Waals surface area contributed by atoms with E-state index in [-0.39, 0.29) is 12.0 Å². The number of carbonyl (C=O) groups is 1. The SMILES string of the molecule is CCc1ncc(C(=O)N(C)C[C@@H]2CCCCO2)cn1. The zero-order chi connectivity index (χ0) is 13.7. The summed E-state index contributed by atoms with van der Waals surface area (Å²) in [5, 5.41) is 0. The second kappa shape index (κ2) is 6.61. The van der Waals surface area contributed by atoms with E-state index < -0.39 is 0 Å². The molecule has 0 radical (unpaired) electrons. The maximum absolute atomic E-state index is 12.2. The first kappa shape index (κ1) is 13.9. The van der Waals surface area contributed by atoms with Crippen LogP contribution in [-0.2, 0) is 11.2 Å². The highest BCUT2D eigenvalue weighted by Gasteiger charge is 2.20. The number of hydrogen-bond donors (Lipinski definition) is 0. The summed E-state index contributed by atoms with van der Waals surface area (Å²) in [4.78, 5) is 22.2. The number of hydrogen-bond acceptors (Lipinski definition) is 4. The fourth-order valence-corrected chi connectivity index (χ4v) is 2.21. The molecule has 1 aliphatic heterocycles. The molecule has 104 valence electrons. The second-order valence-corrected chi connectivity index (χ2v) is 4.92. The normalized spacial score (nSPS) is 19.2. The summed E-state index contributed by atoms with van der Waals surface area (Å²) in [5.74, 6) is 0.714. The van der Waals surface area contributed by atoms with E-state index in [0.29, 0.717) is 12.1 Å². The van der Waals surface area contributed by atoms with E-state index in [9.17, 15) is 4.79 Å². The van der Waals surface area contributed by atoms with Gasteiger partial charge in [0.15, 0.2) is 0 Å². The molecule has 5 nitrogen and oxygen atoms in total. The van der Waals surface area contributed by atoms with Crippen molar-refractivity contribution in [3.8, 4) is 0 Å². The Morgan fingerprint density at radius 2 is 2.16 bits per heavy atom. The predicted octanol–water partition coefficient (Wildman–Crippen LogP) is 1.68. The number of carbonyl (C=O) groups excluding carboxylic acids is 1. The van der Waals surface area contributed by atoms with Gasteiger partial charge in [0, 0.05) is 39.0 Å². The quantitative estimate of drug-likeness (QED) is 0.829. The average Bonchev–Trinajstić information content (AvgIpc) is 2.47. The summed E-state index contributed by atoms with van der Waals surface area (Å²) in [7, 11) is 1.80. The third-order valence-electron chi connectivity index (χ3n) is 3.37. The van der Waals surface area contributed by atoms with Crippen molar-refractivity contribution in [2.24, 2.45) is 0 Å². The maximum atomic E-state index is 12.2. The molecule has 0 unspecified atom stereocenters. The maximum Gasteiger partial charge on any atom is 0.256 e. The van der Waals surface area contributed by atoms with Crippen LogP contribution in [-0.4, -0.2) is 47.1 Å². The van der Waals surface area contributed by atoms with Crippen LogP contribution in [0.15, 0.2) is 12.4 Å². The Balaban J connectivity index is 1.93. The van der Waals surface area contributed by atoms with Crippen molar-refractivity contribution in [1.29, 1.82) is 0 Å². The topological polar surface area (TPSA) is 55.3 Å². The highest BCUT2D eigenvalue weighted by atomic mass is 16.5. The third-order valence-corrected chi connectivity index (χ3v) is 3.37. The van der Waals surface area contributed by atoms with Gasteiger partial charge in [0.2, 0.25) is 0 Å². The van der Waals surface area contributed by atoms with Gasteiger partial charge < -0.3 is 9.64 Å². The molecule has 0 bridgehead atoms. The Labute approximate surface area is 114 Å². The molecular weight excluding hydrogens is 242 g/mol. The molecule has 1 aliphatic rings. The Kier molecular flexibility index (Phi) is 4.85. The van der Waals surface area contributed by atoms with Crippen LogP contribution in [0.25, 0.3) is 0 Å². The average molecular weight is 263 g/mol. The summed E-state index contributed by atoms with van der Waals surface area (Å²) in [6.07, 6.45) is 7.49. The molecule has 1 fully saturated rings. The first-order valence-corrected chi connectivity index (χ1v) is 6.88. The number of likely N-dealkylation sites (N-methyl/N-ethyl adjacent to an activating group) is 1. The van der Waals surface area contributed by atoms with Gasteiger partial charge >= 0.3 is 0 Å². The zero-order valence-corrected chi connectivity index (χ0v) is 11.6. The minimum Gasteiger partial charge on any atom is -0.376 e. The lowest BCUT2D eigenvalue weighted by Gasteiger charge is -2.27. The summed E-state index contributed by atoms with van der Waals surface area (Å²) < 4.78 is 5.65. The van der Waals surface area contributed by atoms with Gasteiger partial charge in [-0.15, -0.1) is 0 Å².